The number of aryl methyl sites for hydroxylation is 1. The van der Waals surface area contributed by atoms with Gasteiger partial charge in [-0.3, -0.25) is 14.7 Å². The van der Waals surface area contributed by atoms with Gasteiger partial charge in [0.1, 0.15) is 18.1 Å². The Morgan fingerprint density at radius 1 is 0.868 bits per heavy atom. The highest BCUT2D eigenvalue weighted by atomic mass is 35.5. The molecule has 1 aliphatic heterocycles. The van der Waals surface area contributed by atoms with Gasteiger partial charge in [-0.1, -0.05) is 67.9 Å². The Hall–Kier alpha value is -4.89. The lowest BCUT2D eigenvalue weighted by molar-refractivity contribution is -0.127. The van der Waals surface area contributed by atoms with Crippen molar-refractivity contribution >= 4 is 36.0 Å². The molecule has 5 aromatic rings. The van der Waals surface area contributed by atoms with Gasteiger partial charge >= 0.3 is 0 Å². The predicted molar refractivity (Wildman–Crippen MR) is 213 cm³/mol. The zero-order valence-electron chi connectivity index (χ0n) is 30.4. The molecule has 1 aliphatic rings. The van der Waals surface area contributed by atoms with E-state index in [2.05, 4.69) is 77.2 Å². The first-order chi connectivity index (χ1) is 25.3. The summed E-state index contributed by atoms with van der Waals surface area (Å²) in [7, 11) is 0. The molecule has 1 saturated heterocycles. The fraction of sp³-hybridized carbons (Fsp3) is 0.279. The summed E-state index contributed by atoms with van der Waals surface area (Å²) in [5.74, 6) is 2.95. The van der Waals surface area contributed by atoms with Gasteiger partial charge in [-0.05, 0) is 89.2 Å². The van der Waals surface area contributed by atoms with E-state index >= 15 is 0 Å². The molecular weight excluding hydrogens is 707 g/mol. The zero-order chi connectivity index (χ0) is 36.3. The van der Waals surface area contributed by atoms with Gasteiger partial charge in [0.05, 0.1) is 23.5 Å². The van der Waals surface area contributed by atoms with Crippen LogP contribution in [0.1, 0.15) is 53.3 Å². The van der Waals surface area contributed by atoms with Crippen LogP contribution in [0.3, 0.4) is 0 Å². The van der Waals surface area contributed by atoms with E-state index in [0.717, 1.165) is 48.6 Å². The maximum absolute atomic E-state index is 13.1. The van der Waals surface area contributed by atoms with Crippen molar-refractivity contribution in [3.63, 3.8) is 0 Å². The maximum Gasteiger partial charge on any atom is 0.246 e. The van der Waals surface area contributed by atoms with Gasteiger partial charge in [0.2, 0.25) is 11.8 Å². The fourth-order valence-corrected chi connectivity index (χ4v) is 6.26. The monoisotopic (exact) mass is 752 g/mol. The number of carbonyl (C=O) groups excluding carboxylic acids is 1. The summed E-state index contributed by atoms with van der Waals surface area (Å²) < 4.78 is 17.7. The van der Waals surface area contributed by atoms with E-state index in [1.54, 1.807) is 42.7 Å². The Labute approximate surface area is 323 Å². The standard InChI is InChI=1S/C43H45ClN4O4.ClH/c1-31(2)36-12-14-38(15-13-36)50-25-19-33-7-9-34(10-8-33)29-47-21-23-48(24-22-47)42(49)18-11-35-26-32(3)43(40(44)27-35)52-41-17-16-39(28-46-41)51-30-37-6-4-5-20-45-37;/h4-18,20,26-28,31H,19,21-25,29-30H2,1-3H3;1H/b18-11+;. The largest absolute Gasteiger partial charge is 0.493 e. The summed E-state index contributed by atoms with van der Waals surface area (Å²) in [5, 5.41) is 0.437. The minimum atomic E-state index is -0.00857. The molecule has 0 unspecified atom stereocenters. The normalized spacial score (nSPS) is 13.2. The molecule has 0 bridgehead atoms. The van der Waals surface area contributed by atoms with Crippen LogP contribution in [0.4, 0.5) is 0 Å². The van der Waals surface area contributed by atoms with Crippen LogP contribution in [0.2, 0.25) is 5.02 Å². The van der Waals surface area contributed by atoms with Crippen LogP contribution in [0, 0.1) is 6.92 Å². The molecule has 1 fully saturated rings. The van der Waals surface area contributed by atoms with E-state index in [0.29, 0.717) is 54.6 Å². The number of ether oxygens (including phenoxy) is 3. The minimum absolute atomic E-state index is 0. The van der Waals surface area contributed by atoms with Crippen molar-refractivity contribution in [2.24, 2.45) is 0 Å². The van der Waals surface area contributed by atoms with Crippen LogP contribution in [-0.2, 0) is 24.4 Å². The predicted octanol–water partition coefficient (Wildman–Crippen LogP) is 9.33. The lowest BCUT2D eigenvalue weighted by atomic mass is 10.0. The van der Waals surface area contributed by atoms with Crippen LogP contribution in [-0.4, -0.2) is 58.5 Å². The number of rotatable bonds is 14. The van der Waals surface area contributed by atoms with Crippen LogP contribution < -0.4 is 14.2 Å². The van der Waals surface area contributed by atoms with E-state index in [-0.39, 0.29) is 18.3 Å². The lowest BCUT2D eigenvalue weighted by Crippen LogP contribution is -2.47. The second kappa shape index (κ2) is 19.3. The molecule has 0 spiro atoms. The van der Waals surface area contributed by atoms with Crippen molar-refractivity contribution in [1.82, 2.24) is 19.8 Å². The number of hydrogen-bond acceptors (Lipinski definition) is 7. The summed E-state index contributed by atoms with van der Waals surface area (Å²) in [4.78, 5) is 26.0. The Morgan fingerprint density at radius 3 is 2.26 bits per heavy atom. The molecule has 0 aliphatic carbocycles. The molecular formula is C43H46Cl2N4O4. The first kappa shape index (κ1) is 39.3. The highest BCUT2D eigenvalue weighted by molar-refractivity contribution is 6.32. The van der Waals surface area contributed by atoms with Crippen LogP contribution in [0.5, 0.6) is 23.1 Å². The smallest absolute Gasteiger partial charge is 0.246 e. The summed E-state index contributed by atoms with van der Waals surface area (Å²) in [5.41, 5.74) is 6.34. The van der Waals surface area contributed by atoms with Crippen molar-refractivity contribution in [3.05, 3.63) is 148 Å². The molecule has 10 heteroatoms. The molecule has 6 rings (SSSR count). The number of halogens is 2. The van der Waals surface area contributed by atoms with Gasteiger partial charge in [-0.15, -0.1) is 12.4 Å². The van der Waals surface area contributed by atoms with Gasteiger partial charge < -0.3 is 19.1 Å². The molecule has 0 radical (unpaired) electrons. The minimum Gasteiger partial charge on any atom is -0.493 e. The van der Waals surface area contributed by atoms with E-state index < -0.39 is 0 Å². The summed E-state index contributed by atoms with van der Waals surface area (Å²) in [6.45, 7) is 11.2. The molecule has 0 atom stereocenters. The molecule has 53 heavy (non-hydrogen) atoms. The van der Waals surface area contributed by atoms with Gasteiger partial charge in [0.25, 0.3) is 0 Å². The van der Waals surface area contributed by atoms with E-state index in [1.165, 1.54) is 16.7 Å². The maximum atomic E-state index is 13.1. The second-order valence-corrected chi connectivity index (χ2v) is 13.7. The average Bonchev–Trinajstić information content (AvgIpc) is 3.16. The number of nitrogens with zero attached hydrogens (tertiary/aromatic N) is 4. The van der Waals surface area contributed by atoms with Crippen molar-refractivity contribution in [2.45, 2.75) is 46.3 Å². The van der Waals surface area contributed by atoms with Crippen molar-refractivity contribution in [2.75, 3.05) is 32.8 Å². The number of benzene rings is 3. The van der Waals surface area contributed by atoms with Crippen LogP contribution in [0.15, 0.2) is 109 Å². The summed E-state index contributed by atoms with van der Waals surface area (Å²) >= 11 is 6.62. The van der Waals surface area contributed by atoms with E-state index in [1.807, 2.05) is 36.1 Å². The zero-order valence-corrected chi connectivity index (χ0v) is 32.0. The molecule has 3 aromatic carbocycles. The average molecular weight is 754 g/mol. The summed E-state index contributed by atoms with van der Waals surface area (Å²) in [6, 6.07) is 30.1. The Balaban J connectivity index is 0.00000541. The first-order valence-electron chi connectivity index (χ1n) is 17.8. The van der Waals surface area contributed by atoms with Crippen molar-refractivity contribution in [3.8, 4) is 23.1 Å². The van der Waals surface area contributed by atoms with Gasteiger partial charge in [-0.25, -0.2) is 4.98 Å². The number of aromatic nitrogens is 2. The Kier molecular flexibility index (Phi) is 14.3. The Morgan fingerprint density at radius 2 is 1.60 bits per heavy atom. The highest BCUT2D eigenvalue weighted by Gasteiger charge is 2.20. The van der Waals surface area contributed by atoms with Crippen LogP contribution >= 0.6 is 24.0 Å². The van der Waals surface area contributed by atoms with Crippen molar-refractivity contribution < 1.29 is 19.0 Å². The van der Waals surface area contributed by atoms with Crippen LogP contribution in [0.25, 0.3) is 6.08 Å². The number of hydrogen-bond donors (Lipinski definition) is 0. The first-order valence-corrected chi connectivity index (χ1v) is 18.1. The molecule has 0 N–H and O–H groups in total. The number of pyridine rings is 2. The lowest BCUT2D eigenvalue weighted by Gasteiger charge is -2.34. The number of piperazine rings is 1. The van der Waals surface area contributed by atoms with Crippen molar-refractivity contribution in [1.29, 1.82) is 0 Å². The number of carbonyl (C=O) groups is 1. The third-order valence-electron chi connectivity index (χ3n) is 9.02. The summed E-state index contributed by atoms with van der Waals surface area (Å²) in [6.07, 6.45) is 7.62. The molecule has 8 nitrogen and oxygen atoms in total. The quantitative estimate of drug-likeness (QED) is 0.105. The van der Waals surface area contributed by atoms with Gasteiger partial charge in [0.15, 0.2) is 5.75 Å². The van der Waals surface area contributed by atoms with Gasteiger partial charge in [0, 0.05) is 57.5 Å². The number of amides is 1. The van der Waals surface area contributed by atoms with E-state index in [4.69, 9.17) is 25.8 Å². The third-order valence-corrected chi connectivity index (χ3v) is 9.30. The van der Waals surface area contributed by atoms with E-state index in [9.17, 15) is 4.79 Å². The SMILES string of the molecule is Cc1cc(/C=C/C(=O)N2CCN(Cc3ccc(CCOc4ccc(C(C)C)cc4)cc3)CC2)cc(Cl)c1Oc1ccc(OCc2ccccn2)cn1.Cl. The fourth-order valence-electron chi connectivity index (χ4n) is 5.95. The van der Waals surface area contributed by atoms with Gasteiger partial charge in [-0.2, -0.15) is 0 Å². The third kappa shape index (κ3) is 11.5. The second-order valence-electron chi connectivity index (χ2n) is 13.3. The molecule has 276 valence electrons. The molecule has 3 heterocycles. The highest BCUT2D eigenvalue weighted by Crippen LogP contribution is 2.34. The molecule has 1 amide bonds. The molecule has 2 aromatic heterocycles. The molecule has 0 saturated carbocycles. The topological polar surface area (TPSA) is 77.0 Å². The Bertz CT molecular complexity index is 1910.